The second kappa shape index (κ2) is 13.4. The topological polar surface area (TPSA) is 44.8 Å². The number of aryl methyl sites for hydroxylation is 1. The number of benzene rings is 4. The molecule has 0 atom stereocenters. The van der Waals surface area contributed by atoms with E-state index in [0.29, 0.717) is 23.9 Å². The number of alkyl halides is 3. The van der Waals surface area contributed by atoms with E-state index >= 15 is 0 Å². The Morgan fingerprint density at radius 2 is 1.65 bits per heavy atom. The fraction of sp³-hybridized carbons (Fsp3) is 0.219. The third-order valence-electron chi connectivity index (χ3n) is 6.01. The Morgan fingerprint density at radius 1 is 0.900 bits per heavy atom. The molecule has 0 spiro atoms. The molecule has 40 heavy (non-hydrogen) atoms. The van der Waals surface area contributed by atoms with Crippen molar-refractivity contribution >= 4 is 34.6 Å². The van der Waals surface area contributed by atoms with E-state index in [2.05, 4.69) is 12.1 Å². The fourth-order valence-corrected chi connectivity index (χ4v) is 4.97. The molecule has 4 aromatic carbocycles. The van der Waals surface area contributed by atoms with E-state index in [-0.39, 0.29) is 13.2 Å². The van der Waals surface area contributed by atoms with Gasteiger partial charge in [0.25, 0.3) is 0 Å². The van der Waals surface area contributed by atoms with Crippen molar-refractivity contribution in [1.82, 2.24) is 0 Å². The maximum absolute atomic E-state index is 12.9. The number of halogens is 3. The highest BCUT2D eigenvalue weighted by molar-refractivity contribution is 7.99. The summed E-state index contributed by atoms with van der Waals surface area (Å²) < 4.78 is 55.2. The molecule has 0 aliphatic heterocycles. The second-order valence-corrected chi connectivity index (χ2v) is 10.0. The summed E-state index contributed by atoms with van der Waals surface area (Å²) >= 11 is 1.61. The highest BCUT2D eigenvalue weighted by Crippen LogP contribution is 2.31. The summed E-state index contributed by atoms with van der Waals surface area (Å²) in [5, 5.41) is 2.21. The van der Waals surface area contributed by atoms with Crippen LogP contribution in [0.1, 0.15) is 23.6 Å². The van der Waals surface area contributed by atoms with Gasteiger partial charge in [-0.05, 0) is 83.8 Å². The molecule has 0 unspecified atom stereocenters. The molecule has 0 saturated heterocycles. The predicted octanol–water partition coefficient (Wildman–Crippen LogP) is 8.36. The quantitative estimate of drug-likeness (QED) is 0.135. The van der Waals surface area contributed by atoms with Crippen LogP contribution in [-0.4, -0.2) is 31.5 Å². The molecule has 0 N–H and O–H groups in total. The standard InChI is InChI=1S/C32H29F3O4S/c1-3-37-31(36)20-39-30-16-15-28(17-22(30)2)40-21-23(18-25-9-6-8-24-7-4-5-10-29(24)25)19-38-27-13-11-26(12-14-27)32(33,34)35/h4-18H,3,19-21H2,1-2H3/b23-18-. The van der Waals surface area contributed by atoms with Gasteiger partial charge in [0.05, 0.1) is 12.2 Å². The van der Waals surface area contributed by atoms with Gasteiger partial charge in [-0.3, -0.25) is 0 Å². The van der Waals surface area contributed by atoms with Crippen molar-refractivity contribution in [3.63, 3.8) is 0 Å². The van der Waals surface area contributed by atoms with Gasteiger partial charge in [0.2, 0.25) is 0 Å². The summed E-state index contributed by atoms with van der Waals surface area (Å²) in [6, 6.07) is 24.6. The van der Waals surface area contributed by atoms with Crippen LogP contribution in [0.4, 0.5) is 13.2 Å². The van der Waals surface area contributed by atoms with Crippen molar-refractivity contribution < 1.29 is 32.2 Å². The minimum absolute atomic E-state index is 0.152. The molecule has 0 amide bonds. The van der Waals surface area contributed by atoms with Gasteiger partial charge in [0, 0.05) is 10.6 Å². The molecule has 4 nitrogen and oxygen atoms in total. The first-order valence-electron chi connectivity index (χ1n) is 12.7. The van der Waals surface area contributed by atoms with E-state index in [4.69, 9.17) is 14.2 Å². The number of rotatable bonds is 11. The largest absolute Gasteiger partial charge is 0.489 e. The maximum atomic E-state index is 12.9. The van der Waals surface area contributed by atoms with Crippen LogP contribution in [0.5, 0.6) is 11.5 Å². The summed E-state index contributed by atoms with van der Waals surface area (Å²) in [5.74, 6) is 1.14. The third kappa shape index (κ3) is 8.05. The van der Waals surface area contributed by atoms with Crippen LogP contribution in [0.25, 0.3) is 16.8 Å². The first-order valence-corrected chi connectivity index (χ1v) is 13.7. The number of ether oxygens (including phenoxy) is 3. The molecule has 0 aromatic heterocycles. The average Bonchev–Trinajstić information content (AvgIpc) is 2.94. The van der Waals surface area contributed by atoms with Gasteiger partial charge in [0.1, 0.15) is 18.1 Å². The third-order valence-corrected chi connectivity index (χ3v) is 7.11. The van der Waals surface area contributed by atoms with Crippen molar-refractivity contribution in [1.29, 1.82) is 0 Å². The number of thioether (sulfide) groups is 1. The minimum Gasteiger partial charge on any atom is -0.489 e. The highest BCUT2D eigenvalue weighted by atomic mass is 32.2. The first kappa shape index (κ1) is 29.1. The summed E-state index contributed by atoms with van der Waals surface area (Å²) in [6.07, 6.45) is -2.32. The number of fused-ring (bicyclic) bond motifs is 1. The van der Waals surface area contributed by atoms with Crippen LogP contribution in [0.3, 0.4) is 0 Å². The zero-order valence-electron chi connectivity index (χ0n) is 22.2. The van der Waals surface area contributed by atoms with Crippen LogP contribution in [-0.2, 0) is 15.7 Å². The molecule has 0 saturated carbocycles. The van der Waals surface area contributed by atoms with Crippen molar-refractivity contribution in [3.8, 4) is 11.5 Å². The van der Waals surface area contributed by atoms with E-state index in [1.54, 1.807) is 18.7 Å². The van der Waals surface area contributed by atoms with E-state index in [1.165, 1.54) is 12.1 Å². The fourth-order valence-electron chi connectivity index (χ4n) is 4.03. The van der Waals surface area contributed by atoms with Crippen molar-refractivity contribution in [2.24, 2.45) is 0 Å². The molecule has 208 valence electrons. The summed E-state index contributed by atoms with van der Waals surface area (Å²) in [5.41, 5.74) is 2.16. The van der Waals surface area contributed by atoms with Gasteiger partial charge in [-0.2, -0.15) is 13.2 Å². The van der Waals surface area contributed by atoms with Crippen LogP contribution in [0, 0.1) is 6.92 Å². The van der Waals surface area contributed by atoms with Crippen LogP contribution in [0.2, 0.25) is 0 Å². The average molecular weight is 567 g/mol. The number of carbonyl (C=O) groups excluding carboxylic acids is 1. The molecule has 0 radical (unpaired) electrons. The van der Waals surface area contributed by atoms with Gasteiger partial charge in [-0.1, -0.05) is 48.5 Å². The van der Waals surface area contributed by atoms with Gasteiger partial charge in [-0.25, -0.2) is 4.79 Å². The Kier molecular flexibility index (Phi) is 9.77. The summed E-state index contributed by atoms with van der Waals surface area (Å²) in [6.45, 7) is 4.01. The molecular weight excluding hydrogens is 537 g/mol. The molecule has 0 aliphatic carbocycles. The van der Waals surface area contributed by atoms with E-state index in [9.17, 15) is 18.0 Å². The normalized spacial score (nSPS) is 11.9. The zero-order chi connectivity index (χ0) is 28.5. The molecule has 0 aliphatic rings. The van der Waals surface area contributed by atoms with Crippen LogP contribution in [0.15, 0.2) is 95.4 Å². The molecule has 8 heteroatoms. The lowest BCUT2D eigenvalue weighted by Crippen LogP contribution is -2.14. The van der Waals surface area contributed by atoms with Gasteiger partial charge >= 0.3 is 12.1 Å². The Hall–Kier alpha value is -3.91. The predicted molar refractivity (Wildman–Crippen MR) is 153 cm³/mol. The Bertz CT molecular complexity index is 1470. The Morgan fingerprint density at radius 3 is 2.38 bits per heavy atom. The second-order valence-electron chi connectivity index (χ2n) is 8.99. The number of hydrogen-bond acceptors (Lipinski definition) is 5. The highest BCUT2D eigenvalue weighted by Gasteiger charge is 2.30. The van der Waals surface area contributed by atoms with Crippen molar-refractivity contribution in [2.45, 2.75) is 24.9 Å². The van der Waals surface area contributed by atoms with E-state index in [0.717, 1.165) is 44.5 Å². The molecule has 0 bridgehead atoms. The first-order chi connectivity index (χ1) is 19.2. The molecular formula is C32H29F3O4S. The summed E-state index contributed by atoms with van der Waals surface area (Å²) in [7, 11) is 0. The lowest BCUT2D eigenvalue weighted by atomic mass is 10.0. The van der Waals surface area contributed by atoms with E-state index in [1.807, 2.05) is 61.5 Å². The maximum Gasteiger partial charge on any atom is 0.416 e. The molecule has 4 aromatic rings. The smallest absolute Gasteiger partial charge is 0.416 e. The number of hydrogen-bond donors (Lipinski definition) is 0. The molecule has 4 rings (SSSR count). The van der Waals surface area contributed by atoms with Gasteiger partial charge < -0.3 is 14.2 Å². The van der Waals surface area contributed by atoms with Crippen LogP contribution < -0.4 is 9.47 Å². The van der Waals surface area contributed by atoms with Gasteiger partial charge in [-0.15, -0.1) is 11.8 Å². The number of esters is 1. The Balaban J connectivity index is 1.51. The number of carbonyl (C=O) groups is 1. The lowest BCUT2D eigenvalue weighted by molar-refractivity contribution is -0.145. The Labute approximate surface area is 235 Å². The van der Waals surface area contributed by atoms with Crippen molar-refractivity contribution in [2.75, 3.05) is 25.6 Å². The zero-order valence-corrected chi connectivity index (χ0v) is 23.0. The summed E-state index contributed by atoms with van der Waals surface area (Å²) in [4.78, 5) is 12.6. The molecule has 0 heterocycles. The van der Waals surface area contributed by atoms with Crippen molar-refractivity contribution in [3.05, 3.63) is 107 Å². The van der Waals surface area contributed by atoms with E-state index < -0.39 is 17.7 Å². The van der Waals surface area contributed by atoms with Gasteiger partial charge in [0.15, 0.2) is 6.61 Å². The van der Waals surface area contributed by atoms with Crippen LogP contribution >= 0.6 is 11.8 Å². The minimum atomic E-state index is -4.40. The SMILES string of the molecule is CCOC(=O)COc1ccc(SC/C(=C\c2cccc3ccccc23)COc2ccc(C(F)(F)F)cc2)cc1C. The lowest BCUT2D eigenvalue weighted by Gasteiger charge is -2.13. The molecule has 0 fully saturated rings. The monoisotopic (exact) mass is 566 g/mol.